The van der Waals surface area contributed by atoms with Crippen LogP contribution in [-0.2, 0) is 4.79 Å². The molecule has 0 bridgehead atoms. The number of thiophene rings is 1. The minimum absolute atomic E-state index is 0.0374. The first-order chi connectivity index (χ1) is 13.0. The summed E-state index contributed by atoms with van der Waals surface area (Å²) in [5, 5.41) is 6.81. The van der Waals surface area contributed by atoms with Gasteiger partial charge in [-0.15, -0.1) is 11.3 Å². The molecule has 7 heteroatoms. The number of nitrogens with zero attached hydrogens (tertiary/aromatic N) is 3. The zero-order valence-corrected chi connectivity index (χ0v) is 17.3. The second-order valence-electron chi connectivity index (χ2n) is 6.34. The van der Waals surface area contributed by atoms with E-state index < -0.39 is 0 Å². The maximum atomic E-state index is 12.8. The van der Waals surface area contributed by atoms with E-state index in [0.29, 0.717) is 9.23 Å². The first kappa shape index (κ1) is 18.2. The summed E-state index contributed by atoms with van der Waals surface area (Å²) in [4.78, 5) is 16.1. The number of hydrogen-bond acceptors (Lipinski definition) is 5. The molecule has 3 aromatic rings. The third kappa shape index (κ3) is 3.50. The molecule has 2 aromatic heterocycles. The summed E-state index contributed by atoms with van der Waals surface area (Å²) >= 11 is 8.37. The van der Waals surface area contributed by atoms with Crippen LogP contribution in [0.15, 0.2) is 58.9 Å². The number of carbonyl (C=O) groups excluding carboxylic acids is 1. The highest BCUT2D eigenvalue weighted by atomic mass is 32.2. The zero-order valence-electron chi connectivity index (χ0n) is 14.8. The summed E-state index contributed by atoms with van der Waals surface area (Å²) in [7, 11) is 0. The van der Waals surface area contributed by atoms with E-state index in [4.69, 9.17) is 17.3 Å². The smallest absolute Gasteiger partial charge is 0.266 e. The Balaban J connectivity index is 1.79. The van der Waals surface area contributed by atoms with Crippen LogP contribution in [0, 0.1) is 0 Å². The van der Waals surface area contributed by atoms with Crippen molar-refractivity contribution in [1.29, 1.82) is 0 Å². The Morgan fingerprint density at radius 2 is 1.93 bits per heavy atom. The Morgan fingerprint density at radius 1 is 1.15 bits per heavy atom. The van der Waals surface area contributed by atoms with Gasteiger partial charge in [0.15, 0.2) is 0 Å². The summed E-state index contributed by atoms with van der Waals surface area (Å²) < 4.78 is 2.46. The van der Waals surface area contributed by atoms with Crippen molar-refractivity contribution in [2.75, 3.05) is 0 Å². The highest BCUT2D eigenvalue weighted by molar-refractivity contribution is 8.26. The van der Waals surface area contributed by atoms with Crippen molar-refractivity contribution in [2.24, 2.45) is 0 Å². The van der Waals surface area contributed by atoms with Gasteiger partial charge in [0.25, 0.3) is 5.91 Å². The van der Waals surface area contributed by atoms with E-state index >= 15 is 0 Å². The van der Waals surface area contributed by atoms with Gasteiger partial charge < -0.3 is 0 Å². The third-order valence-corrected chi connectivity index (χ3v) is 6.35. The first-order valence-electron chi connectivity index (χ1n) is 8.50. The van der Waals surface area contributed by atoms with Crippen LogP contribution in [0.25, 0.3) is 22.3 Å². The molecule has 1 saturated heterocycles. The van der Waals surface area contributed by atoms with Crippen molar-refractivity contribution in [3.8, 4) is 16.3 Å². The predicted molar refractivity (Wildman–Crippen MR) is 117 cm³/mol. The van der Waals surface area contributed by atoms with E-state index in [2.05, 4.69) is 0 Å². The van der Waals surface area contributed by atoms with Crippen LogP contribution in [0.3, 0.4) is 0 Å². The minimum atomic E-state index is -0.0374. The standard InChI is InChI=1S/C20H17N3OS3/c1-13(2)23-19(24)17(27-20(23)25)11-14-12-22(15-7-4-3-5-8-15)21-18(14)16-9-6-10-26-16/h3-13H,1-2H3/b17-11-. The number of para-hydroxylation sites is 1. The number of benzene rings is 1. The summed E-state index contributed by atoms with van der Waals surface area (Å²) in [5.74, 6) is -0.0374. The van der Waals surface area contributed by atoms with E-state index in [9.17, 15) is 4.79 Å². The molecule has 1 amide bonds. The second kappa shape index (κ2) is 7.42. The maximum absolute atomic E-state index is 12.8. The van der Waals surface area contributed by atoms with Crippen LogP contribution < -0.4 is 0 Å². The first-order valence-corrected chi connectivity index (χ1v) is 10.6. The molecule has 0 aliphatic carbocycles. The quantitative estimate of drug-likeness (QED) is 0.436. The van der Waals surface area contributed by atoms with E-state index in [1.807, 2.05) is 78.6 Å². The number of thioether (sulfide) groups is 1. The van der Waals surface area contributed by atoms with Crippen molar-refractivity contribution in [3.05, 3.63) is 64.5 Å². The van der Waals surface area contributed by atoms with Crippen LogP contribution in [0.4, 0.5) is 0 Å². The molecule has 4 rings (SSSR count). The Morgan fingerprint density at radius 3 is 2.56 bits per heavy atom. The van der Waals surface area contributed by atoms with E-state index in [1.54, 1.807) is 16.2 Å². The van der Waals surface area contributed by atoms with Gasteiger partial charge in [0, 0.05) is 17.8 Å². The SMILES string of the molecule is CC(C)N1C(=O)/C(=C/c2cn(-c3ccccc3)nc2-c2cccs2)SC1=S. The Bertz CT molecular complexity index is 1020. The Hall–Kier alpha value is -2.22. The number of hydrogen-bond donors (Lipinski definition) is 0. The van der Waals surface area contributed by atoms with Gasteiger partial charge >= 0.3 is 0 Å². The van der Waals surface area contributed by atoms with Crippen LogP contribution in [0.1, 0.15) is 19.4 Å². The van der Waals surface area contributed by atoms with Gasteiger partial charge in [-0.1, -0.05) is 48.2 Å². The maximum Gasteiger partial charge on any atom is 0.266 e. The monoisotopic (exact) mass is 411 g/mol. The van der Waals surface area contributed by atoms with Crippen LogP contribution >= 0.6 is 35.3 Å². The molecule has 0 spiro atoms. The molecule has 136 valence electrons. The summed E-state index contributed by atoms with van der Waals surface area (Å²) in [6.07, 6.45) is 3.87. The largest absolute Gasteiger partial charge is 0.290 e. The minimum Gasteiger partial charge on any atom is -0.290 e. The van der Waals surface area contributed by atoms with E-state index in [0.717, 1.165) is 21.8 Å². The molecule has 0 unspecified atom stereocenters. The lowest BCUT2D eigenvalue weighted by Crippen LogP contribution is -2.34. The molecule has 1 aliphatic rings. The van der Waals surface area contributed by atoms with Crippen LogP contribution in [0.2, 0.25) is 0 Å². The fourth-order valence-electron chi connectivity index (χ4n) is 2.88. The molecule has 4 nitrogen and oxygen atoms in total. The van der Waals surface area contributed by atoms with Gasteiger partial charge in [0.05, 0.1) is 15.5 Å². The second-order valence-corrected chi connectivity index (χ2v) is 8.96. The molecule has 27 heavy (non-hydrogen) atoms. The average Bonchev–Trinajstić information content (AvgIpc) is 3.36. The number of carbonyl (C=O) groups is 1. The number of amides is 1. The lowest BCUT2D eigenvalue weighted by atomic mass is 10.2. The van der Waals surface area contributed by atoms with Crippen molar-refractivity contribution in [1.82, 2.24) is 14.7 Å². The molecule has 1 aliphatic heterocycles. The van der Waals surface area contributed by atoms with Crippen LogP contribution in [0.5, 0.6) is 0 Å². The summed E-state index contributed by atoms with van der Waals surface area (Å²) in [6, 6.07) is 14.0. The number of aromatic nitrogens is 2. The third-order valence-electron chi connectivity index (χ3n) is 4.14. The van der Waals surface area contributed by atoms with Crippen molar-refractivity contribution < 1.29 is 4.79 Å². The molecular weight excluding hydrogens is 394 g/mol. The lowest BCUT2D eigenvalue weighted by molar-refractivity contribution is -0.123. The van der Waals surface area contributed by atoms with E-state index in [-0.39, 0.29) is 11.9 Å². The van der Waals surface area contributed by atoms with Gasteiger partial charge in [0.1, 0.15) is 10.0 Å². The number of thiocarbonyl (C=S) groups is 1. The zero-order chi connectivity index (χ0) is 19.0. The molecule has 0 saturated carbocycles. The molecule has 1 aromatic carbocycles. The summed E-state index contributed by atoms with van der Waals surface area (Å²) in [5.41, 5.74) is 2.75. The molecule has 0 atom stereocenters. The Kier molecular flexibility index (Phi) is 4.99. The fourth-order valence-corrected chi connectivity index (χ4v) is 5.12. The van der Waals surface area contributed by atoms with Crippen LogP contribution in [-0.4, -0.2) is 30.9 Å². The molecule has 3 heterocycles. The normalized spacial score (nSPS) is 16.1. The highest BCUT2D eigenvalue weighted by Gasteiger charge is 2.34. The highest BCUT2D eigenvalue weighted by Crippen LogP contribution is 2.36. The van der Waals surface area contributed by atoms with Crippen molar-refractivity contribution in [2.45, 2.75) is 19.9 Å². The summed E-state index contributed by atoms with van der Waals surface area (Å²) in [6.45, 7) is 3.94. The van der Waals surface area contributed by atoms with Gasteiger partial charge in [-0.3, -0.25) is 9.69 Å². The van der Waals surface area contributed by atoms with Crippen molar-refractivity contribution >= 4 is 51.6 Å². The molecule has 0 radical (unpaired) electrons. The average molecular weight is 412 g/mol. The topological polar surface area (TPSA) is 38.1 Å². The molecular formula is C20H17N3OS3. The van der Waals surface area contributed by atoms with Gasteiger partial charge in [0.2, 0.25) is 0 Å². The van der Waals surface area contributed by atoms with E-state index in [1.165, 1.54) is 11.8 Å². The molecule has 0 N–H and O–H groups in total. The van der Waals surface area contributed by atoms with Gasteiger partial charge in [-0.25, -0.2) is 4.68 Å². The predicted octanol–water partition coefficient (Wildman–Crippen LogP) is 5.21. The molecule has 1 fully saturated rings. The Labute approximate surface area is 171 Å². The van der Waals surface area contributed by atoms with Gasteiger partial charge in [-0.2, -0.15) is 5.10 Å². The number of rotatable bonds is 4. The lowest BCUT2D eigenvalue weighted by Gasteiger charge is -2.18. The van der Waals surface area contributed by atoms with Crippen molar-refractivity contribution in [3.63, 3.8) is 0 Å². The fraction of sp³-hybridized carbons (Fsp3) is 0.150. The van der Waals surface area contributed by atoms with Gasteiger partial charge in [-0.05, 0) is 43.5 Å².